The van der Waals surface area contributed by atoms with E-state index in [2.05, 4.69) is 0 Å². The van der Waals surface area contributed by atoms with Crippen molar-refractivity contribution in [2.45, 2.75) is 22.3 Å². The van der Waals surface area contributed by atoms with Crippen LogP contribution in [0.4, 0.5) is 0 Å². The molecule has 1 N–H and O–H groups in total. The monoisotopic (exact) mass is 567 g/mol. The number of carboxylic acids is 1. The first kappa shape index (κ1) is 26.5. The van der Waals surface area contributed by atoms with Crippen LogP contribution in [0.5, 0.6) is 11.5 Å². The first-order chi connectivity index (χ1) is 18.8. The highest BCUT2D eigenvalue weighted by Gasteiger charge is 2.46. The second-order valence-corrected chi connectivity index (χ2v) is 11.4. The Balaban J connectivity index is 1.72. The van der Waals surface area contributed by atoms with Crippen molar-refractivity contribution in [3.63, 3.8) is 0 Å². The van der Waals surface area contributed by atoms with E-state index in [4.69, 9.17) is 18.9 Å². The van der Waals surface area contributed by atoms with Crippen LogP contribution in [-0.2, 0) is 30.7 Å². The van der Waals surface area contributed by atoms with Gasteiger partial charge in [0.15, 0.2) is 23.0 Å². The molecule has 0 aromatic heterocycles. The lowest BCUT2D eigenvalue weighted by Crippen LogP contribution is -2.46. The summed E-state index contributed by atoms with van der Waals surface area (Å²) < 4.78 is 50.9. The molecular weight excluding hydrogens is 542 g/mol. The van der Waals surface area contributed by atoms with Gasteiger partial charge in [-0.05, 0) is 29.8 Å². The Morgan fingerprint density at radius 1 is 1.03 bits per heavy atom. The number of hydrogen-bond acceptors (Lipinski definition) is 8. The number of sulfonamides is 1. The van der Waals surface area contributed by atoms with Crippen LogP contribution >= 0.6 is 11.8 Å². The van der Waals surface area contributed by atoms with E-state index in [1.807, 2.05) is 30.3 Å². The average Bonchev–Trinajstić information content (AvgIpc) is 3.48. The van der Waals surface area contributed by atoms with Crippen molar-refractivity contribution < 1.29 is 37.3 Å². The third-order valence-electron chi connectivity index (χ3n) is 6.26. The summed E-state index contributed by atoms with van der Waals surface area (Å²) in [6.07, 6.45) is 1.49. The van der Waals surface area contributed by atoms with Gasteiger partial charge in [-0.1, -0.05) is 60.3 Å². The van der Waals surface area contributed by atoms with Crippen LogP contribution in [-0.4, -0.2) is 50.9 Å². The van der Waals surface area contributed by atoms with Gasteiger partial charge < -0.3 is 24.1 Å². The molecule has 3 aromatic carbocycles. The van der Waals surface area contributed by atoms with Crippen molar-refractivity contribution >= 4 is 32.7 Å². The highest BCUT2D eigenvalue weighted by molar-refractivity contribution is 8.08. The highest BCUT2D eigenvalue weighted by atomic mass is 32.2. The summed E-state index contributed by atoms with van der Waals surface area (Å²) >= 11 is 1.13. The number of methoxy groups -OCH3 is 2. The van der Waals surface area contributed by atoms with Crippen molar-refractivity contribution in [2.24, 2.45) is 0 Å². The molecule has 5 rings (SSSR count). The Morgan fingerprint density at radius 2 is 1.74 bits per heavy atom. The van der Waals surface area contributed by atoms with Crippen molar-refractivity contribution in [2.75, 3.05) is 21.0 Å². The van der Waals surface area contributed by atoms with Gasteiger partial charge in [-0.3, -0.25) is 0 Å². The molecule has 0 fully saturated rings. The maximum atomic E-state index is 14.1. The number of ether oxygens (including phenoxy) is 4. The number of nitrogens with zero attached hydrogens (tertiary/aromatic N) is 1. The number of hydrogen-bond donors (Lipinski definition) is 1. The van der Waals surface area contributed by atoms with E-state index in [1.54, 1.807) is 36.4 Å². The lowest BCUT2D eigenvalue weighted by atomic mass is 10.0. The average molecular weight is 568 g/mol. The summed E-state index contributed by atoms with van der Waals surface area (Å²) in [4.78, 5) is 13.8. The number of carboxylic acid groups (broad SMARTS) is 1. The molecule has 9 nitrogen and oxygen atoms in total. The van der Waals surface area contributed by atoms with Crippen LogP contribution < -0.4 is 9.47 Å². The highest BCUT2D eigenvalue weighted by Crippen LogP contribution is 2.48. The molecule has 0 aliphatic carbocycles. The van der Waals surface area contributed by atoms with E-state index in [1.165, 1.54) is 26.5 Å². The Kier molecular flexibility index (Phi) is 7.45. The molecule has 39 heavy (non-hydrogen) atoms. The maximum absolute atomic E-state index is 14.1. The lowest BCUT2D eigenvalue weighted by molar-refractivity contribution is -0.134. The SMILES string of the molecule is COc1ccc(SC2=C(C(=O)O)N(C(Cc3ccccc3)C3=COCO3)S(=O)(=O)c3ccccc32)cc1OC. The Hall–Kier alpha value is -4.09. The Morgan fingerprint density at radius 3 is 2.41 bits per heavy atom. The van der Waals surface area contributed by atoms with Gasteiger partial charge in [-0.25, -0.2) is 17.5 Å². The minimum Gasteiger partial charge on any atom is -0.493 e. The number of aliphatic carboxylic acids is 1. The Labute approximate surface area is 230 Å². The second kappa shape index (κ2) is 11.0. The molecule has 0 saturated heterocycles. The van der Waals surface area contributed by atoms with Crippen molar-refractivity contribution in [1.29, 1.82) is 0 Å². The molecule has 3 aromatic rings. The summed E-state index contributed by atoms with van der Waals surface area (Å²) in [5, 5.41) is 10.5. The van der Waals surface area contributed by atoms with Crippen LogP contribution in [0.25, 0.3) is 4.91 Å². The van der Waals surface area contributed by atoms with Crippen molar-refractivity contribution in [3.8, 4) is 11.5 Å². The van der Waals surface area contributed by atoms with Gasteiger partial charge in [0.05, 0.1) is 24.0 Å². The molecule has 2 heterocycles. The zero-order chi connectivity index (χ0) is 27.6. The number of thioether (sulfide) groups is 1. The van der Waals surface area contributed by atoms with Gasteiger partial charge >= 0.3 is 5.97 Å². The topological polar surface area (TPSA) is 112 Å². The molecular formula is C28H25NO8S2. The predicted octanol–water partition coefficient (Wildman–Crippen LogP) is 4.71. The number of rotatable bonds is 9. The van der Waals surface area contributed by atoms with E-state index in [-0.39, 0.29) is 34.5 Å². The molecule has 0 spiro atoms. The van der Waals surface area contributed by atoms with Crippen molar-refractivity contribution in [1.82, 2.24) is 4.31 Å². The molecule has 2 aliphatic heterocycles. The van der Waals surface area contributed by atoms with Crippen LogP contribution in [0.1, 0.15) is 11.1 Å². The summed E-state index contributed by atoms with van der Waals surface area (Å²) in [5.41, 5.74) is 0.708. The van der Waals surface area contributed by atoms with Crippen LogP contribution in [0.15, 0.2) is 100 Å². The number of carbonyl (C=O) groups is 1. The van der Waals surface area contributed by atoms with E-state index in [0.717, 1.165) is 21.6 Å². The molecule has 1 atom stereocenters. The van der Waals surface area contributed by atoms with Crippen LogP contribution in [0.3, 0.4) is 0 Å². The molecule has 202 valence electrons. The quantitative estimate of drug-likeness (QED) is 0.393. The minimum atomic E-state index is -4.32. The van der Waals surface area contributed by atoms with E-state index in [9.17, 15) is 18.3 Å². The first-order valence-corrected chi connectivity index (χ1v) is 14.1. The first-order valence-electron chi connectivity index (χ1n) is 11.8. The molecule has 1 unspecified atom stereocenters. The zero-order valence-electron chi connectivity index (χ0n) is 21.1. The van der Waals surface area contributed by atoms with E-state index in [0.29, 0.717) is 22.0 Å². The molecule has 0 radical (unpaired) electrons. The molecule has 0 amide bonds. The zero-order valence-corrected chi connectivity index (χ0v) is 22.7. The van der Waals surface area contributed by atoms with E-state index >= 15 is 0 Å². The van der Waals surface area contributed by atoms with Crippen molar-refractivity contribution in [3.05, 3.63) is 102 Å². The maximum Gasteiger partial charge on any atom is 0.354 e. The largest absolute Gasteiger partial charge is 0.493 e. The van der Waals surface area contributed by atoms with Gasteiger partial charge in [0.25, 0.3) is 10.0 Å². The van der Waals surface area contributed by atoms with Gasteiger partial charge in [0, 0.05) is 16.9 Å². The van der Waals surface area contributed by atoms with Gasteiger partial charge in [-0.2, -0.15) is 0 Å². The third kappa shape index (κ3) is 5.02. The molecule has 11 heteroatoms. The van der Waals surface area contributed by atoms with Crippen LogP contribution in [0, 0.1) is 0 Å². The fraction of sp³-hybridized carbons (Fsp3) is 0.179. The van der Waals surface area contributed by atoms with Gasteiger partial charge in [0.2, 0.25) is 6.79 Å². The summed E-state index contributed by atoms with van der Waals surface area (Å²) in [7, 11) is -1.30. The second-order valence-electron chi connectivity index (χ2n) is 8.55. The summed E-state index contributed by atoms with van der Waals surface area (Å²) in [6.45, 7) is -0.0928. The fourth-order valence-corrected chi connectivity index (χ4v) is 7.58. The normalized spacial score (nSPS) is 16.5. The summed E-state index contributed by atoms with van der Waals surface area (Å²) in [6, 6.07) is 19.7. The fourth-order valence-electron chi connectivity index (χ4n) is 4.51. The number of benzene rings is 3. The smallest absolute Gasteiger partial charge is 0.354 e. The molecule has 0 saturated carbocycles. The number of fused-ring (bicyclic) bond motifs is 1. The molecule has 2 aliphatic rings. The Bertz CT molecular complexity index is 1570. The minimum absolute atomic E-state index is 0.00412. The predicted molar refractivity (Wildman–Crippen MR) is 144 cm³/mol. The van der Waals surface area contributed by atoms with Crippen LogP contribution in [0.2, 0.25) is 0 Å². The lowest BCUT2D eigenvalue weighted by Gasteiger charge is -2.37. The van der Waals surface area contributed by atoms with Gasteiger partial charge in [0.1, 0.15) is 12.3 Å². The van der Waals surface area contributed by atoms with Gasteiger partial charge in [-0.15, -0.1) is 0 Å². The standard InChI is InChI=1S/C28H25NO8S2/c1-34-22-13-12-19(15-23(22)35-2)38-27-20-10-6-7-11-25(20)39(32,33)29(26(27)28(30)31)21(24-16-36-17-37-24)14-18-8-4-3-5-9-18/h3-13,15-16,21H,14,17H2,1-2H3,(H,30,31). The third-order valence-corrected chi connectivity index (χ3v) is 9.23. The molecule has 0 bridgehead atoms. The van der Waals surface area contributed by atoms with E-state index < -0.39 is 22.0 Å². The summed E-state index contributed by atoms with van der Waals surface area (Å²) in [5.74, 6) is -0.211.